The molecule has 4 aromatic carbocycles. The Morgan fingerprint density at radius 3 is 2.16 bits per heavy atom. The summed E-state index contributed by atoms with van der Waals surface area (Å²) in [6, 6.07) is 28.7. The van der Waals surface area contributed by atoms with E-state index in [9.17, 15) is 14.4 Å². The van der Waals surface area contributed by atoms with E-state index in [4.69, 9.17) is 4.74 Å². The second kappa shape index (κ2) is 11.6. The number of hydrogen-bond acceptors (Lipinski definition) is 4. The first-order chi connectivity index (χ1) is 18.2. The van der Waals surface area contributed by atoms with Crippen LogP contribution in [-0.2, 0) is 16.0 Å². The predicted molar refractivity (Wildman–Crippen MR) is 150 cm³/mol. The maximum atomic E-state index is 13.5. The van der Waals surface area contributed by atoms with Crippen LogP contribution < -0.4 is 16.0 Å². The number of nitrogens with one attached hydrogen (secondary N) is 3. The lowest BCUT2D eigenvalue weighted by Crippen LogP contribution is -2.47. The van der Waals surface area contributed by atoms with E-state index in [1.54, 1.807) is 57.2 Å². The molecule has 4 rings (SSSR count). The van der Waals surface area contributed by atoms with Crippen molar-refractivity contribution in [3.8, 4) is 0 Å². The normalized spacial score (nSPS) is 11.9. The molecule has 3 N–H and O–H groups in total. The van der Waals surface area contributed by atoms with Crippen molar-refractivity contribution in [3.63, 3.8) is 0 Å². The Hall–Kier alpha value is -4.65. The number of fused-ring (bicyclic) bond motifs is 1. The fourth-order valence-corrected chi connectivity index (χ4v) is 3.99. The van der Waals surface area contributed by atoms with Gasteiger partial charge in [0.1, 0.15) is 11.6 Å². The molecule has 0 aromatic heterocycles. The van der Waals surface area contributed by atoms with Gasteiger partial charge in [-0.25, -0.2) is 4.79 Å². The maximum Gasteiger partial charge on any atom is 0.408 e. The monoisotopic (exact) mass is 509 g/mol. The minimum absolute atomic E-state index is 0.230. The number of para-hydroxylation sites is 2. The summed E-state index contributed by atoms with van der Waals surface area (Å²) in [5.74, 6) is -0.831. The van der Waals surface area contributed by atoms with E-state index < -0.39 is 23.6 Å². The number of benzene rings is 4. The van der Waals surface area contributed by atoms with Crippen molar-refractivity contribution in [1.29, 1.82) is 0 Å². The zero-order valence-electron chi connectivity index (χ0n) is 21.7. The molecule has 0 unspecified atom stereocenters. The number of ether oxygens (including phenoxy) is 1. The van der Waals surface area contributed by atoms with Crippen LogP contribution in [0.2, 0.25) is 0 Å². The molecule has 1 atom stereocenters. The SMILES string of the molecule is CC(C)(C)OC(=O)N[C@@H](Cc1ccc2ccccc2c1)C(=O)Nc1ccccc1C(=O)Nc1ccccc1. The molecular formula is C31H31N3O4. The molecule has 0 radical (unpaired) electrons. The van der Waals surface area contributed by atoms with Gasteiger partial charge in [0, 0.05) is 12.1 Å². The van der Waals surface area contributed by atoms with Crippen LogP contribution in [0.5, 0.6) is 0 Å². The van der Waals surface area contributed by atoms with E-state index in [0.717, 1.165) is 16.3 Å². The molecule has 0 spiro atoms. The van der Waals surface area contributed by atoms with Crippen molar-refractivity contribution < 1.29 is 19.1 Å². The van der Waals surface area contributed by atoms with Gasteiger partial charge in [-0.05, 0) is 61.4 Å². The quantitative estimate of drug-likeness (QED) is 0.278. The van der Waals surface area contributed by atoms with Gasteiger partial charge in [-0.15, -0.1) is 0 Å². The highest BCUT2D eigenvalue weighted by Crippen LogP contribution is 2.20. The summed E-state index contributed by atoms with van der Waals surface area (Å²) in [5.41, 5.74) is 1.41. The molecule has 4 aromatic rings. The van der Waals surface area contributed by atoms with E-state index in [1.165, 1.54) is 0 Å². The van der Waals surface area contributed by atoms with Crippen LogP contribution in [0.4, 0.5) is 16.2 Å². The van der Waals surface area contributed by atoms with Gasteiger partial charge >= 0.3 is 6.09 Å². The molecule has 0 saturated carbocycles. The maximum absolute atomic E-state index is 13.5. The Morgan fingerprint density at radius 2 is 1.42 bits per heavy atom. The second-order valence-electron chi connectivity index (χ2n) is 9.94. The van der Waals surface area contributed by atoms with Gasteiger partial charge in [0.15, 0.2) is 0 Å². The number of carbonyl (C=O) groups excluding carboxylic acids is 3. The summed E-state index contributed by atoms with van der Waals surface area (Å²) in [5, 5.41) is 10.5. The molecule has 7 heteroatoms. The van der Waals surface area contributed by atoms with Gasteiger partial charge < -0.3 is 20.7 Å². The second-order valence-corrected chi connectivity index (χ2v) is 9.94. The highest BCUT2D eigenvalue weighted by Gasteiger charge is 2.26. The van der Waals surface area contributed by atoms with Crippen LogP contribution in [0, 0.1) is 0 Å². The molecule has 0 heterocycles. The Balaban J connectivity index is 1.56. The average molecular weight is 510 g/mol. The number of alkyl carbamates (subject to hydrolysis) is 1. The zero-order valence-corrected chi connectivity index (χ0v) is 21.7. The van der Waals surface area contributed by atoms with Gasteiger partial charge in [0.25, 0.3) is 5.91 Å². The van der Waals surface area contributed by atoms with E-state index in [2.05, 4.69) is 16.0 Å². The van der Waals surface area contributed by atoms with Gasteiger partial charge in [-0.1, -0.05) is 72.8 Å². The topological polar surface area (TPSA) is 96.5 Å². The van der Waals surface area contributed by atoms with Crippen molar-refractivity contribution >= 4 is 40.1 Å². The van der Waals surface area contributed by atoms with E-state index in [-0.39, 0.29) is 12.3 Å². The first-order valence-corrected chi connectivity index (χ1v) is 12.4. The number of anilines is 2. The molecule has 0 bridgehead atoms. The van der Waals surface area contributed by atoms with Crippen LogP contribution in [-0.4, -0.2) is 29.6 Å². The Kier molecular flexibility index (Phi) is 8.06. The summed E-state index contributed by atoms with van der Waals surface area (Å²) >= 11 is 0. The summed E-state index contributed by atoms with van der Waals surface area (Å²) in [7, 11) is 0. The molecule has 0 fully saturated rings. The first kappa shape index (κ1) is 26.4. The van der Waals surface area contributed by atoms with Crippen LogP contribution >= 0.6 is 0 Å². The van der Waals surface area contributed by atoms with Crippen molar-refractivity contribution in [2.75, 3.05) is 10.6 Å². The van der Waals surface area contributed by atoms with Gasteiger partial charge in [0.05, 0.1) is 11.3 Å². The Bertz CT molecular complexity index is 1440. The predicted octanol–water partition coefficient (Wildman–Crippen LogP) is 6.17. The summed E-state index contributed by atoms with van der Waals surface area (Å²) in [4.78, 5) is 39.1. The smallest absolute Gasteiger partial charge is 0.408 e. The van der Waals surface area contributed by atoms with E-state index in [1.807, 2.05) is 60.7 Å². The lowest BCUT2D eigenvalue weighted by atomic mass is 10.0. The van der Waals surface area contributed by atoms with Crippen LogP contribution in [0.3, 0.4) is 0 Å². The summed E-state index contributed by atoms with van der Waals surface area (Å²) in [6.45, 7) is 5.27. The Morgan fingerprint density at radius 1 is 0.763 bits per heavy atom. The largest absolute Gasteiger partial charge is 0.444 e. The van der Waals surface area contributed by atoms with Crippen LogP contribution in [0.1, 0.15) is 36.7 Å². The van der Waals surface area contributed by atoms with Gasteiger partial charge in [0.2, 0.25) is 5.91 Å². The molecule has 7 nitrogen and oxygen atoms in total. The minimum Gasteiger partial charge on any atom is -0.444 e. The fraction of sp³-hybridized carbons (Fsp3) is 0.194. The Labute approximate surface area is 222 Å². The third-order valence-electron chi connectivity index (χ3n) is 5.72. The number of rotatable bonds is 7. The molecule has 0 aliphatic rings. The number of amides is 3. The van der Waals surface area contributed by atoms with Crippen molar-refractivity contribution in [1.82, 2.24) is 5.32 Å². The third kappa shape index (κ3) is 7.20. The molecule has 0 aliphatic carbocycles. The third-order valence-corrected chi connectivity index (χ3v) is 5.72. The first-order valence-electron chi connectivity index (χ1n) is 12.4. The molecule has 0 saturated heterocycles. The average Bonchev–Trinajstić information content (AvgIpc) is 2.88. The van der Waals surface area contributed by atoms with E-state index in [0.29, 0.717) is 16.9 Å². The minimum atomic E-state index is -0.948. The molecule has 194 valence electrons. The van der Waals surface area contributed by atoms with Gasteiger partial charge in [-0.3, -0.25) is 9.59 Å². The molecule has 0 aliphatic heterocycles. The highest BCUT2D eigenvalue weighted by molar-refractivity contribution is 6.10. The van der Waals surface area contributed by atoms with E-state index >= 15 is 0 Å². The van der Waals surface area contributed by atoms with Crippen molar-refractivity contribution in [2.24, 2.45) is 0 Å². The van der Waals surface area contributed by atoms with Crippen molar-refractivity contribution in [3.05, 3.63) is 108 Å². The van der Waals surface area contributed by atoms with Crippen LogP contribution in [0.25, 0.3) is 10.8 Å². The lowest BCUT2D eigenvalue weighted by Gasteiger charge is -2.24. The molecular weight excluding hydrogens is 478 g/mol. The van der Waals surface area contributed by atoms with Crippen LogP contribution in [0.15, 0.2) is 97.1 Å². The van der Waals surface area contributed by atoms with Gasteiger partial charge in [-0.2, -0.15) is 0 Å². The lowest BCUT2D eigenvalue weighted by molar-refractivity contribution is -0.118. The zero-order chi connectivity index (χ0) is 27.1. The summed E-state index contributed by atoms with van der Waals surface area (Å²) in [6.07, 6.45) is -0.470. The number of hydrogen-bond donors (Lipinski definition) is 3. The molecule has 38 heavy (non-hydrogen) atoms. The standard InChI is InChI=1S/C31H31N3O4/c1-31(2,3)38-30(37)34-27(20-21-17-18-22-11-7-8-12-23(22)19-21)29(36)33-26-16-10-9-15-25(26)28(35)32-24-13-5-4-6-14-24/h4-19,27H,20H2,1-3H3,(H,32,35)(H,33,36)(H,34,37)/t27-/m0/s1. The number of carbonyl (C=O) groups is 3. The highest BCUT2D eigenvalue weighted by atomic mass is 16.6. The fourth-order valence-electron chi connectivity index (χ4n) is 3.99. The summed E-state index contributed by atoms with van der Waals surface area (Å²) < 4.78 is 5.41. The molecule has 3 amide bonds. The van der Waals surface area contributed by atoms with Crippen molar-refractivity contribution in [2.45, 2.75) is 38.8 Å².